The van der Waals surface area contributed by atoms with Crippen molar-refractivity contribution in [3.8, 4) is 0 Å². The number of hydrogen-bond acceptors (Lipinski definition) is 3. The third-order valence-electron chi connectivity index (χ3n) is 3.76. The zero-order valence-electron chi connectivity index (χ0n) is 10.6. The van der Waals surface area contributed by atoms with Gasteiger partial charge in [-0.1, -0.05) is 0 Å². The number of rotatable bonds is 3. The molecule has 2 aliphatic rings. The molecule has 2 amide bonds. The Hall–Kier alpha value is -1.30. The number of urea groups is 1. The van der Waals surface area contributed by atoms with Crippen LogP contribution in [0, 0.1) is 0 Å². The van der Waals surface area contributed by atoms with Crippen LogP contribution in [0.5, 0.6) is 0 Å². The number of amides is 2. The van der Waals surface area contributed by atoms with E-state index in [1.165, 1.54) is 0 Å². The fourth-order valence-electron chi connectivity index (χ4n) is 2.45. The molecular formula is C12H20N2O4. The van der Waals surface area contributed by atoms with E-state index >= 15 is 0 Å². The van der Waals surface area contributed by atoms with Gasteiger partial charge in [0.2, 0.25) is 0 Å². The number of carbonyl (C=O) groups excluding carboxylic acids is 1. The minimum absolute atomic E-state index is 0.0653. The maximum absolute atomic E-state index is 12.2. The summed E-state index contributed by atoms with van der Waals surface area (Å²) in [5.41, 5.74) is -0.108. The van der Waals surface area contributed by atoms with Crippen LogP contribution < -0.4 is 5.32 Å². The van der Waals surface area contributed by atoms with Gasteiger partial charge in [0, 0.05) is 12.1 Å². The molecule has 1 aliphatic carbocycles. The lowest BCUT2D eigenvalue weighted by Crippen LogP contribution is -2.59. The highest BCUT2D eigenvalue weighted by Crippen LogP contribution is 2.31. The minimum Gasteiger partial charge on any atom is -0.481 e. The van der Waals surface area contributed by atoms with Crippen molar-refractivity contribution in [2.24, 2.45) is 0 Å². The summed E-state index contributed by atoms with van der Waals surface area (Å²) < 4.78 is 5.25. The van der Waals surface area contributed by atoms with Crippen LogP contribution in [0.1, 0.15) is 32.6 Å². The smallest absolute Gasteiger partial charge is 0.318 e. The average molecular weight is 256 g/mol. The van der Waals surface area contributed by atoms with Crippen molar-refractivity contribution >= 4 is 12.0 Å². The van der Waals surface area contributed by atoms with Gasteiger partial charge < -0.3 is 20.1 Å². The second kappa shape index (κ2) is 5.14. The Morgan fingerprint density at radius 2 is 2.22 bits per heavy atom. The Labute approximate surface area is 106 Å². The lowest BCUT2D eigenvalue weighted by molar-refractivity contribution is -0.139. The van der Waals surface area contributed by atoms with Crippen molar-refractivity contribution in [1.82, 2.24) is 10.2 Å². The molecule has 1 saturated heterocycles. The molecule has 2 fully saturated rings. The maximum Gasteiger partial charge on any atom is 0.318 e. The summed E-state index contributed by atoms with van der Waals surface area (Å²) >= 11 is 0. The molecule has 0 spiro atoms. The van der Waals surface area contributed by atoms with Gasteiger partial charge in [-0.3, -0.25) is 4.79 Å². The summed E-state index contributed by atoms with van der Waals surface area (Å²) in [7, 11) is 0. The van der Waals surface area contributed by atoms with E-state index in [2.05, 4.69) is 5.32 Å². The molecule has 1 aliphatic heterocycles. The lowest BCUT2D eigenvalue weighted by Gasteiger charge is -2.43. The van der Waals surface area contributed by atoms with Crippen molar-refractivity contribution in [2.45, 2.75) is 44.2 Å². The van der Waals surface area contributed by atoms with E-state index in [0.717, 1.165) is 19.3 Å². The Morgan fingerprint density at radius 3 is 2.78 bits per heavy atom. The first-order valence-electron chi connectivity index (χ1n) is 6.38. The average Bonchev–Trinajstić information content (AvgIpc) is 2.26. The molecule has 0 aromatic rings. The first kappa shape index (κ1) is 13.1. The van der Waals surface area contributed by atoms with Gasteiger partial charge in [0.25, 0.3) is 0 Å². The molecule has 18 heavy (non-hydrogen) atoms. The molecule has 6 heteroatoms. The first-order valence-corrected chi connectivity index (χ1v) is 6.38. The monoisotopic (exact) mass is 256 g/mol. The van der Waals surface area contributed by atoms with Gasteiger partial charge in [0.05, 0.1) is 25.7 Å². The highest BCUT2D eigenvalue weighted by Gasteiger charge is 2.37. The van der Waals surface area contributed by atoms with E-state index in [1.54, 1.807) is 4.90 Å². The van der Waals surface area contributed by atoms with Gasteiger partial charge in [-0.15, -0.1) is 0 Å². The van der Waals surface area contributed by atoms with E-state index in [0.29, 0.717) is 19.8 Å². The molecule has 6 nitrogen and oxygen atoms in total. The third kappa shape index (κ3) is 2.93. The molecular weight excluding hydrogens is 236 g/mol. The fourth-order valence-corrected chi connectivity index (χ4v) is 2.45. The van der Waals surface area contributed by atoms with Crippen molar-refractivity contribution in [3.63, 3.8) is 0 Å². The number of ether oxygens (including phenoxy) is 1. The maximum atomic E-state index is 12.2. The zero-order valence-corrected chi connectivity index (χ0v) is 10.6. The molecule has 1 atom stereocenters. The van der Waals surface area contributed by atoms with E-state index in [-0.39, 0.29) is 24.0 Å². The van der Waals surface area contributed by atoms with E-state index in [9.17, 15) is 9.59 Å². The summed E-state index contributed by atoms with van der Waals surface area (Å²) in [6.45, 7) is 3.26. The van der Waals surface area contributed by atoms with Crippen molar-refractivity contribution in [3.05, 3.63) is 0 Å². The highest BCUT2D eigenvalue weighted by atomic mass is 16.5. The largest absolute Gasteiger partial charge is 0.481 e. The highest BCUT2D eigenvalue weighted by molar-refractivity contribution is 5.77. The molecule has 2 N–H and O–H groups in total. The molecule has 0 aromatic carbocycles. The predicted octanol–water partition coefficient (Wildman–Crippen LogP) is 0.814. The van der Waals surface area contributed by atoms with Crippen molar-refractivity contribution in [1.29, 1.82) is 0 Å². The van der Waals surface area contributed by atoms with E-state index in [4.69, 9.17) is 9.84 Å². The van der Waals surface area contributed by atoms with Gasteiger partial charge in [-0.05, 0) is 26.2 Å². The van der Waals surface area contributed by atoms with Crippen molar-refractivity contribution < 1.29 is 19.4 Å². The van der Waals surface area contributed by atoms with Gasteiger partial charge in [0.15, 0.2) is 0 Å². The van der Waals surface area contributed by atoms with Crippen LogP contribution in [0.2, 0.25) is 0 Å². The number of carboxylic acids is 1. The molecule has 0 bridgehead atoms. The van der Waals surface area contributed by atoms with E-state index in [1.807, 2.05) is 6.92 Å². The molecule has 102 valence electrons. The van der Waals surface area contributed by atoms with Crippen molar-refractivity contribution in [2.75, 3.05) is 19.8 Å². The number of hydrogen-bond donors (Lipinski definition) is 2. The topological polar surface area (TPSA) is 78.9 Å². The molecule has 1 heterocycles. The fraction of sp³-hybridized carbons (Fsp3) is 0.833. The Kier molecular flexibility index (Phi) is 3.75. The summed E-state index contributed by atoms with van der Waals surface area (Å²) in [6.07, 6.45) is 3.06. The number of aliphatic carboxylic acids is 1. The van der Waals surface area contributed by atoms with Gasteiger partial charge >= 0.3 is 12.0 Å². The SMILES string of the molecule is CC1(NC(=O)N2CCOCC2CC(=O)O)CCC1. The quantitative estimate of drug-likeness (QED) is 0.783. The van der Waals surface area contributed by atoms with E-state index < -0.39 is 5.97 Å². The Morgan fingerprint density at radius 1 is 1.50 bits per heavy atom. The molecule has 0 aromatic heterocycles. The summed E-state index contributed by atoms with van der Waals surface area (Å²) in [5, 5.41) is 11.8. The van der Waals surface area contributed by atoms with Gasteiger partial charge in [-0.25, -0.2) is 4.79 Å². The van der Waals surface area contributed by atoms with Crippen LogP contribution in [-0.4, -0.2) is 53.3 Å². The summed E-state index contributed by atoms with van der Waals surface area (Å²) in [5.74, 6) is -0.904. The van der Waals surface area contributed by atoms with Crippen LogP contribution >= 0.6 is 0 Å². The van der Waals surface area contributed by atoms with Gasteiger partial charge in [0.1, 0.15) is 0 Å². The van der Waals surface area contributed by atoms with Crippen LogP contribution in [0.4, 0.5) is 4.79 Å². The number of nitrogens with one attached hydrogen (secondary N) is 1. The minimum atomic E-state index is -0.904. The number of nitrogens with zero attached hydrogens (tertiary/aromatic N) is 1. The third-order valence-corrected chi connectivity index (χ3v) is 3.76. The molecule has 1 unspecified atom stereocenters. The van der Waals surface area contributed by atoms with Crippen LogP contribution in [0.3, 0.4) is 0 Å². The normalized spacial score (nSPS) is 26.3. The Bertz CT molecular complexity index is 341. The standard InChI is InChI=1S/C12H20N2O4/c1-12(3-2-4-12)13-11(17)14-5-6-18-8-9(14)7-10(15)16/h9H,2-8H2,1H3,(H,13,17)(H,15,16). The summed E-state index contributed by atoms with van der Waals surface area (Å²) in [6, 6.07) is -0.522. The molecule has 0 radical (unpaired) electrons. The van der Waals surface area contributed by atoms with Gasteiger partial charge in [-0.2, -0.15) is 0 Å². The predicted molar refractivity (Wildman–Crippen MR) is 64.4 cm³/mol. The molecule has 2 rings (SSSR count). The second-order valence-corrected chi connectivity index (χ2v) is 5.36. The first-order chi connectivity index (χ1) is 8.50. The molecule has 1 saturated carbocycles. The lowest BCUT2D eigenvalue weighted by atomic mass is 9.79. The zero-order chi connectivity index (χ0) is 13.2. The Balaban J connectivity index is 1.94. The summed E-state index contributed by atoms with van der Waals surface area (Å²) in [4.78, 5) is 24.5. The second-order valence-electron chi connectivity index (χ2n) is 5.36. The number of morpholine rings is 1. The van der Waals surface area contributed by atoms with Crippen LogP contribution in [0.25, 0.3) is 0 Å². The number of carboxylic acid groups (broad SMARTS) is 1. The number of carbonyl (C=O) groups is 2. The van der Waals surface area contributed by atoms with Crippen LogP contribution in [-0.2, 0) is 9.53 Å². The van der Waals surface area contributed by atoms with Crippen LogP contribution in [0.15, 0.2) is 0 Å².